The van der Waals surface area contributed by atoms with Crippen molar-refractivity contribution in [1.82, 2.24) is 10.2 Å². The summed E-state index contributed by atoms with van der Waals surface area (Å²) in [5, 5.41) is 4.47. The smallest absolute Gasteiger partial charge is 0.119 e. The molecule has 0 spiro atoms. The van der Waals surface area contributed by atoms with Gasteiger partial charge >= 0.3 is 0 Å². The molecule has 0 aromatic heterocycles. The van der Waals surface area contributed by atoms with Crippen molar-refractivity contribution in [2.45, 2.75) is 50.7 Å². The average molecular weight is 309 g/mol. The van der Waals surface area contributed by atoms with Gasteiger partial charge in [0.25, 0.3) is 0 Å². The summed E-state index contributed by atoms with van der Waals surface area (Å²) in [4.78, 5) is 2.59. The number of halogens is 1. The molecular weight excluding hydrogens is 284 g/mol. The first-order chi connectivity index (χ1) is 10.2. The Morgan fingerprint density at radius 2 is 1.86 bits per heavy atom. The highest BCUT2D eigenvalue weighted by molar-refractivity contribution is 6.30. The van der Waals surface area contributed by atoms with Gasteiger partial charge in [-0.3, -0.25) is 4.90 Å². The average Bonchev–Trinajstić information content (AvgIpc) is 2.84. The van der Waals surface area contributed by atoms with E-state index in [0.717, 1.165) is 48.6 Å². The molecule has 2 fully saturated rings. The molecule has 2 heterocycles. The molecule has 0 saturated carbocycles. The van der Waals surface area contributed by atoms with Crippen LogP contribution in [0.25, 0.3) is 0 Å². The van der Waals surface area contributed by atoms with Gasteiger partial charge in [0, 0.05) is 29.7 Å². The zero-order valence-corrected chi connectivity index (χ0v) is 13.5. The molecule has 2 bridgehead atoms. The molecule has 2 unspecified atom stereocenters. The summed E-state index contributed by atoms with van der Waals surface area (Å²) in [7, 11) is 0. The largest absolute Gasteiger partial charge is 0.492 e. The highest BCUT2D eigenvalue weighted by atomic mass is 35.5. The molecule has 2 atom stereocenters. The van der Waals surface area contributed by atoms with Crippen LogP contribution < -0.4 is 10.1 Å². The number of nitrogens with zero attached hydrogens (tertiary/aromatic N) is 1. The van der Waals surface area contributed by atoms with Gasteiger partial charge in [0.05, 0.1) is 0 Å². The Morgan fingerprint density at radius 1 is 1.19 bits per heavy atom. The van der Waals surface area contributed by atoms with Crippen molar-refractivity contribution in [2.75, 3.05) is 19.7 Å². The molecule has 116 valence electrons. The number of hydrogen-bond acceptors (Lipinski definition) is 3. The Labute approximate surface area is 132 Å². The predicted octanol–water partition coefficient (Wildman–Crippen LogP) is 3.32. The Balaban J connectivity index is 1.47. The van der Waals surface area contributed by atoms with Gasteiger partial charge in [-0.25, -0.2) is 0 Å². The van der Waals surface area contributed by atoms with Crippen LogP contribution in [-0.4, -0.2) is 42.7 Å². The number of nitrogens with one attached hydrogen (secondary N) is 1. The first-order valence-electron chi connectivity index (χ1n) is 8.13. The van der Waals surface area contributed by atoms with E-state index in [1.54, 1.807) is 0 Å². The van der Waals surface area contributed by atoms with Crippen LogP contribution in [0.15, 0.2) is 24.3 Å². The minimum absolute atomic E-state index is 0.725. The number of likely N-dealkylation sites (N-methyl/N-ethyl adjacent to an activating group) is 1. The van der Waals surface area contributed by atoms with Crippen molar-refractivity contribution >= 4 is 11.6 Å². The lowest BCUT2D eigenvalue weighted by molar-refractivity contribution is 0.125. The maximum absolute atomic E-state index is 5.88. The van der Waals surface area contributed by atoms with Gasteiger partial charge in [0.15, 0.2) is 0 Å². The van der Waals surface area contributed by atoms with Crippen LogP contribution in [0.5, 0.6) is 5.75 Å². The first kappa shape index (κ1) is 15.1. The van der Waals surface area contributed by atoms with Crippen LogP contribution in [0.3, 0.4) is 0 Å². The second-order valence-electron chi connectivity index (χ2n) is 6.19. The third kappa shape index (κ3) is 3.91. The summed E-state index contributed by atoms with van der Waals surface area (Å²) in [5.74, 6) is 0.904. The number of rotatable bonds is 6. The van der Waals surface area contributed by atoms with E-state index in [9.17, 15) is 0 Å². The number of ether oxygens (including phenoxy) is 1. The molecule has 1 aromatic rings. The van der Waals surface area contributed by atoms with Crippen LogP contribution >= 0.6 is 11.6 Å². The molecule has 21 heavy (non-hydrogen) atoms. The molecular formula is C17H25ClN2O. The number of benzene rings is 1. The Hall–Kier alpha value is -0.770. The lowest BCUT2D eigenvalue weighted by Gasteiger charge is -2.37. The van der Waals surface area contributed by atoms with Gasteiger partial charge < -0.3 is 10.1 Å². The Bertz CT molecular complexity index is 439. The zero-order chi connectivity index (χ0) is 14.7. The van der Waals surface area contributed by atoms with Gasteiger partial charge in [0.2, 0.25) is 0 Å². The van der Waals surface area contributed by atoms with Crippen molar-refractivity contribution in [3.63, 3.8) is 0 Å². The highest BCUT2D eigenvalue weighted by Gasteiger charge is 2.35. The third-order valence-corrected chi connectivity index (χ3v) is 5.08. The molecule has 2 saturated heterocycles. The van der Waals surface area contributed by atoms with Gasteiger partial charge in [-0.05, 0) is 56.5 Å². The molecule has 0 aliphatic carbocycles. The standard InChI is InChI=1S/C17H25ClN2O/c1-2-20(16-11-14-5-6-15(12-16)19-14)9-10-21-17-7-3-13(18)4-8-17/h3-4,7-8,14-16,19H,2,5-6,9-12H2,1H3. The zero-order valence-electron chi connectivity index (χ0n) is 12.7. The van der Waals surface area contributed by atoms with Crippen LogP contribution in [0, 0.1) is 0 Å². The molecule has 1 N–H and O–H groups in total. The lowest BCUT2D eigenvalue weighted by Crippen LogP contribution is -2.49. The monoisotopic (exact) mass is 308 g/mol. The van der Waals surface area contributed by atoms with Crippen molar-refractivity contribution < 1.29 is 4.74 Å². The second kappa shape index (κ2) is 6.99. The van der Waals surface area contributed by atoms with Crippen molar-refractivity contribution in [3.8, 4) is 5.75 Å². The highest BCUT2D eigenvalue weighted by Crippen LogP contribution is 2.29. The summed E-state index contributed by atoms with van der Waals surface area (Å²) >= 11 is 5.88. The summed E-state index contributed by atoms with van der Waals surface area (Å²) in [5.41, 5.74) is 0. The molecule has 4 heteroatoms. The number of piperidine rings is 1. The molecule has 1 aromatic carbocycles. The summed E-state index contributed by atoms with van der Waals surface area (Å²) in [6, 6.07) is 9.84. The third-order valence-electron chi connectivity index (χ3n) is 4.83. The molecule has 2 aliphatic heterocycles. The van der Waals surface area contributed by atoms with E-state index in [1.165, 1.54) is 25.7 Å². The van der Waals surface area contributed by atoms with Gasteiger partial charge in [-0.15, -0.1) is 0 Å². The fourth-order valence-electron chi connectivity index (χ4n) is 3.74. The summed E-state index contributed by atoms with van der Waals surface area (Å²) < 4.78 is 5.84. The number of hydrogen-bond donors (Lipinski definition) is 1. The first-order valence-corrected chi connectivity index (χ1v) is 8.51. The van der Waals surface area contributed by atoms with E-state index in [0.29, 0.717) is 0 Å². The number of fused-ring (bicyclic) bond motifs is 2. The lowest BCUT2D eigenvalue weighted by atomic mass is 9.98. The topological polar surface area (TPSA) is 24.5 Å². The van der Waals surface area contributed by atoms with E-state index in [4.69, 9.17) is 16.3 Å². The molecule has 3 rings (SSSR count). The molecule has 0 radical (unpaired) electrons. The fraction of sp³-hybridized carbons (Fsp3) is 0.647. The van der Waals surface area contributed by atoms with E-state index in [-0.39, 0.29) is 0 Å². The molecule has 0 amide bonds. The van der Waals surface area contributed by atoms with Crippen LogP contribution in [0.4, 0.5) is 0 Å². The van der Waals surface area contributed by atoms with Gasteiger partial charge in [-0.1, -0.05) is 18.5 Å². The molecule has 3 nitrogen and oxygen atoms in total. The normalized spacial score (nSPS) is 28.0. The van der Waals surface area contributed by atoms with E-state index in [2.05, 4.69) is 17.1 Å². The van der Waals surface area contributed by atoms with E-state index < -0.39 is 0 Å². The predicted molar refractivity (Wildman–Crippen MR) is 87.2 cm³/mol. The maximum Gasteiger partial charge on any atom is 0.119 e. The van der Waals surface area contributed by atoms with Crippen molar-refractivity contribution in [2.24, 2.45) is 0 Å². The minimum atomic E-state index is 0.725. The van der Waals surface area contributed by atoms with Gasteiger partial charge in [0.1, 0.15) is 12.4 Å². The van der Waals surface area contributed by atoms with Crippen LogP contribution in [0.2, 0.25) is 5.02 Å². The SMILES string of the molecule is CCN(CCOc1ccc(Cl)cc1)C1CC2CCC(C1)N2. The van der Waals surface area contributed by atoms with Crippen molar-refractivity contribution in [3.05, 3.63) is 29.3 Å². The maximum atomic E-state index is 5.88. The van der Waals surface area contributed by atoms with E-state index in [1.807, 2.05) is 24.3 Å². The molecule has 2 aliphatic rings. The Kier molecular flexibility index (Phi) is 5.04. The second-order valence-corrected chi connectivity index (χ2v) is 6.63. The van der Waals surface area contributed by atoms with Crippen LogP contribution in [-0.2, 0) is 0 Å². The van der Waals surface area contributed by atoms with Gasteiger partial charge in [-0.2, -0.15) is 0 Å². The van der Waals surface area contributed by atoms with E-state index >= 15 is 0 Å². The minimum Gasteiger partial charge on any atom is -0.492 e. The van der Waals surface area contributed by atoms with Crippen molar-refractivity contribution in [1.29, 1.82) is 0 Å². The van der Waals surface area contributed by atoms with Crippen LogP contribution in [0.1, 0.15) is 32.6 Å². The fourth-order valence-corrected chi connectivity index (χ4v) is 3.86. The summed E-state index contributed by atoms with van der Waals surface area (Å²) in [6.07, 6.45) is 5.32. The summed E-state index contributed by atoms with van der Waals surface area (Å²) in [6.45, 7) is 5.11. The quantitative estimate of drug-likeness (QED) is 0.872. The Morgan fingerprint density at radius 3 is 2.48 bits per heavy atom.